The molecule has 0 spiro atoms. The third-order valence-corrected chi connectivity index (χ3v) is 2.23. The van der Waals surface area contributed by atoms with Crippen LogP contribution in [0.3, 0.4) is 0 Å². The van der Waals surface area contributed by atoms with E-state index in [0.29, 0.717) is 6.61 Å². The highest BCUT2D eigenvalue weighted by Gasteiger charge is 1.99. The monoisotopic (exact) mass is 244 g/mol. The van der Waals surface area contributed by atoms with Crippen molar-refractivity contribution in [2.75, 3.05) is 13.7 Å². The Balaban J connectivity index is 2.41. The molecule has 0 saturated carbocycles. The molecule has 0 amide bonds. The van der Waals surface area contributed by atoms with Gasteiger partial charge < -0.3 is 9.47 Å². The van der Waals surface area contributed by atoms with Gasteiger partial charge in [0.15, 0.2) is 0 Å². The number of benzene rings is 1. The van der Waals surface area contributed by atoms with Crippen LogP contribution in [-0.4, -0.2) is 19.8 Å². The zero-order valence-electron chi connectivity index (χ0n) is 7.79. The Hall–Kier alpha value is -0.540. The Kier molecular flexibility index (Phi) is 4.25. The van der Waals surface area contributed by atoms with E-state index in [9.17, 15) is 0 Å². The topological polar surface area (TPSA) is 18.5 Å². The van der Waals surface area contributed by atoms with Gasteiger partial charge in [0.1, 0.15) is 12.4 Å². The zero-order chi connectivity index (χ0) is 9.68. The van der Waals surface area contributed by atoms with E-state index >= 15 is 0 Å². The lowest BCUT2D eigenvalue weighted by Crippen LogP contribution is -2.15. The van der Waals surface area contributed by atoms with Crippen LogP contribution in [0.5, 0.6) is 5.75 Å². The maximum atomic E-state index is 5.47. The standard InChI is InChI=1S/C10H13BrO2/c1-8(12-2)7-13-10-5-3-9(11)4-6-10/h3-6,8H,7H2,1-2H3/t8-/m1/s1. The van der Waals surface area contributed by atoms with Crippen molar-refractivity contribution in [1.82, 2.24) is 0 Å². The lowest BCUT2D eigenvalue weighted by molar-refractivity contribution is 0.0716. The van der Waals surface area contributed by atoms with Crippen LogP contribution < -0.4 is 4.74 Å². The fourth-order valence-electron chi connectivity index (χ4n) is 0.812. The SMILES string of the molecule is CO[C@H](C)COc1ccc(Br)cc1. The van der Waals surface area contributed by atoms with Crippen molar-refractivity contribution in [1.29, 1.82) is 0 Å². The summed E-state index contributed by atoms with van der Waals surface area (Å²) in [7, 11) is 1.68. The number of methoxy groups -OCH3 is 1. The maximum absolute atomic E-state index is 5.47. The van der Waals surface area contributed by atoms with Crippen molar-refractivity contribution in [2.45, 2.75) is 13.0 Å². The molecule has 72 valence electrons. The van der Waals surface area contributed by atoms with Crippen molar-refractivity contribution in [3.8, 4) is 5.75 Å². The quantitative estimate of drug-likeness (QED) is 0.812. The molecule has 1 atom stereocenters. The molecule has 0 aliphatic heterocycles. The average molecular weight is 245 g/mol. The van der Waals surface area contributed by atoms with Crippen molar-refractivity contribution in [3.63, 3.8) is 0 Å². The highest BCUT2D eigenvalue weighted by Crippen LogP contribution is 2.16. The van der Waals surface area contributed by atoms with Gasteiger partial charge in [0.25, 0.3) is 0 Å². The second-order valence-corrected chi connectivity index (χ2v) is 3.73. The summed E-state index contributed by atoms with van der Waals surface area (Å²) in [6.45, 7) is 2.55. The summed E-state index contributed by atoms with van der Waals surface area (Å²) < 4.78 is 11.6. The lowest BCUT2D eigenvalue weighted by atomic mass is 10.3. The van der Waals surface area contributed by atoms with Crippen LogP contribution in [0.15, 0.2) is 28.7 Å². The molecular weight excluding hydrogens is 232 g/mol. The predicted octanol–water partition coefficient (Wildman–Crippen LogP) is 2.86. The van der Waals surface area contributed by atoms with Gasteiger partial charge in [-0.1, -0.05) is 15.9 Å². The normalized spacial score (nSPS) is 12.5. The van der Waals surface area contributed by atoms with Crippen LogP contribution >= 0.6 is 15.9 Å². The molecule has 13 heavy (non-hydrogen) atoms. The fraction of sp³-hybridized carbons (Fsp3) is 0.400. The molecule has 0 radical (unpaired) electrons. The first-order chi connectivity index (χ1) is 6.22. The molecule has 1 aromatic carbocycles. The van der Waals surface area contributed by atoms with E-state index in [1.165, 1.54) is 0 Å². The Morgan fingerprint density at radius 2 is 1.92 bits per heavy atom. The average Bonchev–Trinajstić information content (AvgIpc) is 2.16. The molecule has 1 aromatic rings. The van der Waals surface area contributed by atoms with Crippen LogP contribution in [0.25, 0.3) is 0 Å². The summed E-state index contributed by atoms with van der Waals surface area (Å²) in [5, 5.41) is 0. The number of hydrogen-bond acceptors (Lipinski definition) is 2. The van der Waals surface area contributed by atoms with Crippen LogP contribution in [0.1, 0.15) is 6.92 Å². The Bertz CT molecular complexity index is 246. The van der Waals surface area contributed by atoms with E-state index in [1.54, 1.807) is 7.11 Å². The van der Waals surface area contributed by atoms with E-state index < -0.39 is 0 Å². The summed E-state index contributed by atoms with van der Waals surface area (Å²) in [6, 6.07) is 7.75. The van der Waals surface area contributed by atoms with Gasteiger partial charge in [0, 0.05) is 11.6 Å². The first kappa shape index (κ1) is 10.5. The molecule has 0 aliphatic carbocycles. The predicted molar refractivity (Wildman–Crippen MR) is 56.1 cm³/mol. The highest BCUT2D eigenvalue weighted by molar-refractivity contribution is 9.10. The largest absolute Gasteiger partial charge is 0.491 e. The van der Waals surface area contributed by atoms with E-state index in [1.807, 2.05) is 31.2 Å². The van der Waals surface area contributed by atoms with Gasteiger partial charge in [0.05, 0.1) is 6.10 Å². The molecule has 0 fully saturated rings. The van der Waals surface area contributed by atoms with Gasteiger partial charge in [-0.3, -0.25) is 0 Å². The summed E-state index contributed by atoms with van der Waals surface area (Å²) in [4.78, 5) is 0. The van der Waals surface area contributed by atoms with E-state index in [0.717, 1.165) is 10.2 Å². The smallest absolute Gasteiger partial charge is 0.119 e. The van der Waals surface area contributed by atoms with Gasteiger partial charge >= 0.3 is 0 Å². The molecule has 0 aromatic heterocycles. The minimum atomic E-state index is 0.128. The van der Waals surface area contributed by atoms with Gasteiger partial charge in [-0.15, -0.1) is 0 Å². The third kappa shape index (κ3) is 3.79. The number of hydrogen-bond donors (Lipinski definition) is 0. The van der Waals surface area contributed by atoms with Crippen LogP contribution in [0.4, 0.5) is 0 Å². The summed E-state index contributed by atoms with van der Waals surface area (Å²) in [5.41, 5.74) is 0. The van der Waals surface area contributed by atoms with Gasteiger partial charge in [-0.05, 0) is 31.2 Å². The minimum absolute atomic E-state index is 0.128. The highest BCUT2D eigenvalue weighted by atomic mass is 79.9. The van der Waals surface area contributed by atoms with Gasteiger partial charge in [-0.2, -0.15) is 0 Å². The third-order valence-electron chi connectivity index (χ3n) is 1.70. The number of ether oxygens (including phenoxy) is 2. The molecule has 0 bridgehead atoms. The molecule has 0 N–H and O–H groups in total. The van der Waals surface area contributed by atoms with Crippen molar-refractivity contribution in [3.05, 3.63) is 28.7 Å². The minimum Gasteiger partial charge on any atom is -0.491 e. The Labute approximate surface area is 87.0 Å². The summed E-state index contributed by atoms with van der Waals surface area (Å²) in [5.74, 6) is 0.868. The summed E-state index contributed by atoms with van der Waals surface area (Å²) in [6.07, 6.45) is 0.128. The van der Waals surface area contributed by atoms with Crippen LogP contribution in [0.2, 0.25) is 0 Å². The van der Waals surface area contributed by atoms with Crippen molar-refractivity contribution < 1.29 is 9.47 Å². The zero-order valence-corrected chi connectivity index (χ0v) is 9.37. The molecule has 0 unspecified atom stereocenters. The van der Waals surface area contributed by atoms with Crippen LogP contribution in [0, 0.1) is 0 Å². The van der Waals surface area contributed by atoms with Crippen LogP contribution in [-0.2, 0) is 4.74 Å². The Morgan fingerprint density at radius 3 is 2.46 bits per heavy atom. The van der Waals surface area contributed by atoms with E-state index in [-0.39, 0.29) is 6.10 Å². The van der Waals surface area contributed by atoms with Crippen molar-refractivity contribution >= 4 is 15.9 Å². The number of rotatable bonds is 4. The molecule has 0 heterocycles. The number of halogens is 1. The van der Waals surface area contributed by atoms with Crippen molar-refractivity contribution in [2.24, 2.45) is 0 Å². The molecule has 0 saturated heterocycles. The molecule has 1 rings (SSSR count). The first-order valence-corrected chi connectivity index (χ1v) is 4.93. The molecular formula is C10H13BrO2. The molecule has 0 aliphatic rings. The second-order valence-electron chi connectivity index (χ2n) is 2.81. The van der Waals surface area contributed by atoms with E-state index in [2.05, 4.69) is 15.9 Å². The second kappa shape index (κ2) is 5.25. The molecule has 3 heteroatoms. The lowest BCUT2D eigenvalue weighted by Gasteiger charge is -2.11. The fourth-order valence-corrected chi connectivity index (χ4v) is 1.08. The Morgan fingerprint density at radius 1 is 1.31 bits per heavy atom. The van der Waals surface area contributed by atoms with E-state index in [4.69, 9.17) is 9.47 Å². The summed E-state index contributed by atoms with van der Waals surface area (Å²) >= 11 is 3.36. The first-order valence-electron chi connectivity index (χ1n) is 4.13. The maximum Gasteiger partial charge on any atom is 0.119 e. The van der Waals surface area contributed by atoms with Gasteiger partial charge in [-0.25, -0.2) is 0 Å². The van der Waals surface area contributed by atoms with Gasteiger partial charge in [0.2, 0.25) is 0 Å². The molecule has 2 nitrogen and oxygen atoms in total.